The molecule has 0 radical (unpaired) electrons. The highest BCUT2D eigenvalue weighted by molar-refractivity contribution is 9.10. The Labute approximate surface area is 157 Å². The van der Waals surface area contributed by atoms with E-state index < -0.39 is 11.6 Å². The molecule has 0 N–H and O–H groups in total. The van der Waals surface area contributed by atoms with Gasteiger partial charge in [0.05, 0.1) is 6.61 Å². The van der Waals surface area contributed by atoms with Gasteiger partial charge >= 0.3 is 0 Å². The molecule has 2 rings (SSSR count). The van der Waals surface area contributed by atoms with Crippen LogP contribution in [0.25, 0.3) is 11.1 Å². The van der Waals surface area contributed by atoms with Gasteiger partial charge < -0.3 is 4.74 Å². The van der Waals surface area contributed by atoms with Gasteiger partial charge in [0.1, 0.15) is 0 Å². The first-order chi connectivity index (χ1) is 12.1. The fourth-order valence-electron chi connectivity index (χ4n) is 2.77. The van der Waals surface area contributed by atoms with Crippen LogP contribution in [0.2, 0.25) is 0 Å². The van der Waals surface area contributed by atoms with E-state index in [1.54, 1.807) is 24.3 Å². The summed E-state index contributed by atoms with van der Waals surface area (Å²) in [7, 11) is 0. The second-order valence-electron chi connectivity index (χ2n) is 6.19. The zero-order valence-electron chi connectivity index (χ0n) is 14.7. The zero-order chi connectivity index (χ0) is 18.1. The fraction of sp³-hybridized carbons (Fsp3) is 0.429. The minimum Gasteiger partial charge on any atom is -0.490 e. The van der Waals surface area contributed by atoms with E-state index in [-0.39, 0.29) is 11.3 Å². The predicted octanol–water partition coefficient (Wildman–Crippen LogP) is 7.52. The summed E-state index contributed by atoms with van der Waals surface area (Å²) in [5.41, 5.74) is 0.853. The van der Waals surface area contributed by atoms with Gasteiger partial charge in [-0.3, -0.25) is 0 Å². The standard InChI is InChI=1S/C21H25BrF2O/c1-2-3-4-5-6-7-10-15-25-19-14-13-17(20(23)21(19)24)16-11-8-9-12-18(16)22/h8-9,11-14H,2-7,10,15H2,1H3. The van der Waals surface area contributed by atoms with E-state index in [0.29, 0.717) is 12.2 Å². The molecular weight excluding hydrogens is 386 g/mol. The van der Waals surface area contributed by atoms with Gasteiger partial charge in [0, 0.05) is 10.0 Å². The molecule has 0 aromatic heterocycles. The highest BCUT2D eigenvalue weighted by Gasteiger charge is 2.17. The first-order valence-electron chi connectivity index (χ1n) is 9.00. The van der Waals surface area contributed by atoms with Crippen LogP contribution in [0.15, 0.2) is 40.9 Å². The second kappa shape index (κ2) is 10.5. The maximum atomic E-state index is 14.4. The van der Waals surface area contributed by atoms with Gasteiger partial charge in [-0.25, -0.2) is 4.39 Å². The molecule has 0 heterocycles. The molecule has 0 fully saturated rings. The van der Waals surface area contributed by atoms with Gasteiger partial charge in [-0.15, -0.1) is 0 Å². The molecule has 0 saturated carbocycles. The van der Waals surface area contributed by atoms with Crippen LogP contribution in [0.1, 0.15) is 51.9 Å². The van der Waals surface area contributed by atoms with Gasteiger partial charge in [-0.1, -0.05) is 79.6 Å². The molecular formula is C21H25BrF2O. The van der Waals surface area contributed by atoms with E-state index in [1.165, 1.54) is 38.2 Å². The first-order valence-corrected chi connectivity index (χ1v) is 9.80. The summed E-state index contributed by atoms with van der Waals surface area (Å²) < 4.78 is 34.8. The highest BCUT2D eigenvalue weighted by Crippen LogP contribution is 2.33. The molecule has 2 aromatic rings. The van der Waals surface area contributed by atoms with Gasteiger partial charge in [0.15, 0.2) is 11.6 Å². The van der Waals surface area contributed by atoms with Crippen LogP contribution >= 0.6 is 15.9 Å². The van der Waals surface area contributed by atoms with Crippen LogP contribution in [-0.2, 0) is 0 Å². The van der Waals surface area contributed by atoms with Crippen molar-refractivity contribution in [2.75, 3.05) is 6.61 Å². The molecule has 1 nitrogen and oxygen atoms in total. The Morgan fingerprint density at radius 1 is 0.800 bits per heavy atom. The summed E-state index contributed by atoms with van der Waals surface area (Å²) in [5, 5.41) is 0. The summed E-state index contributed by atoms with van der Waals surface area (Å²) >= 11 is 3.37. The molecule has 0 atom stereocenters. The molecule has 4 heteroatoms. The van der Waals surface area contributed by atoms with Gasteiger partial charge in [0.2, 0.25) is 5.82 Å². The molecule has 0 bridgehead atoms. The highest BCUT2D eigenvalue weighted by atomic mass is 79.9. The van der Waals surface area contributed by atoms with Gasteiger partial charge in [0.25, 0.3) is 0 Å². The maximum Gasteiger partial charge on any atom is 0.201 e. The van der Waals surface area contributed by atoms with Crippen molar-refractivity contribution in [1.82, 2.24) is 0 Å². The normalized spacial score (nSPS) is 10.9. The van der Waals surface area contributed by atoms with Crippen LogP contribution in [0.5, 0.6) is 5.75 Å². The lowest BCUT2D eigenvalue weighted by atomic mass is 10.0. The molecule has 0 spiro atoms. The Hall–Kier alpha value is -1.42. The van der Waals surface area contributed by atoms with Crippen molar-refractivity contribution in [3.8, 4) is 16.9 Å². The van der Waals surface area contributed by atoms with Crippen molar-refractivity contribution in [1.29, 1.82) is 0 Å². The van der Waals surface area contributed by atoms with Crippen LogP contribution in [0, 0.1) is 11.6 Å². The molecule has 0 aliphatic rings. The molecule has 0 aliphatic carbocycles. The van der Waals surface area contributed by atoms with Crippen LogP contribution in [-0.4, -0.2) is 6.61 Å². The topological polar surface area (TPSA) is 9.23 Å². The van der Waals surface area contributed by atoms with E-state index in [9.17, 15) is 8.78 Å². The number of halogens is 3. The molecule has 0 amide bonds. The SMILES string of the molecule is CCCCCCCCCOc1ccc(-c2ccccc2Br)c(F)c1F. The Morgan fingerprint density at radius 3 is 2.20 bits per heavy atom. The first kappa shape index (κ1) is 19.9. The van der Waals surface area contributed by atoms with Crippen molar-refractivity contribution < 1.29 is 13.5 Å². The Kier molecular flexibility index (Phi) is 8.39. The minimum atomic E-state index is -0.920. The van der Waals surface area contributed by atoms with Crippen molar-refractivity contribution in [3.05, 3.63) is 52.5 Å². The third kappa shape index (κ3) is 5.81. The van der Waals surface area contributed by atoms with E-state index >= 15 is 0 Å². The molecule has 25 heavy (non-hydrogen) atoms. The number of benzene rings is 2. The number of hydrogen-bond donors (Lipinski definition) is 0. The lowest BCUT2D eigenvalue weighted by Crippen LogP contribution is -2.02. The van der Waals surface area contributed by atoms with E-state index in [2.05, 4.69) is 22.9 Å². The van der Waals surface area contributed by atoms with Crippen molar-refractivity contribution >= 4 is 15.9 Å². The molecule has 136 valence electrons. The lowest BCUT2D eigenvalue weighted by molar-refractivity contribution is 0.285. The molecule has 0 unspecified atom stereocenters. The number of hydrogen-bond acceptors (Lipinski definition) is 1. The largest absolute Gasteiger partial charge is 0.490 e. The van der Waals surface area contributed by atoms with Crippen LogP contribution < -0.4 is 4.74 Å². The van der Waals surface area contributed by atoms with Crippen molar-refractivity contribution in [2.24, 2.45) is 0 Å². The average Bonchev–Trinajstić information content (AvgIpc) is 2.62. The van der Waals surface area contributed by atoms with Gasteiger partial charge in [-0.05, 0) is 30.2 Å². The number of ether oxygens (including phenoxy) is 1. The second-order valence-corrected chi connectivity index (χ2v) is 7.04. The lowest BCUT2D eigenvalue weighted by Gasteiger charge is -2.11. The minimum absolute atomic E-state index is 0.0145. The molecule has 0 saturated heterocycles. The third-order valence-corrected chi connectivity index (χ3v) is 4.91. The smallest absolute Gasteiger partial charge is 0.201 e. The predicted molar refractivity (Wildman–Crippen MR) is 103 cm³/mol. The Balaban J connectivity index is 1.89. The number of rotatable bonds is 10. The monoisotopic (exact) mass is 410 g/mol. The summed E-state index contributed by atoms with van der Waals surface area (Å²) in [5.74, 6) is -1.81. The van der Waals surface area contributed by atoms with E-state index in [0.717, 1.165) is 17.3 Å². The summed E-state index contributed by atoms with van der Waals surface area (Å²) in [6.45, 7) is 2.61. The summed E-state index contributed by atoms with van der Waals surface area (Å²) in [6, 6.07) is 10.3. The molecule has 2 aromatic carbocycles. The molecule has 0 aliphatic heterocycles. The van der Waals surface area contributed by atoms with Crippen molar-refractivity contribution in [3.63, 3.8) is 0 Å². The van der Waals surface area contributed by atoms with Crippen LogP contribution in [0.3, 0.4) is 0 Å². The zero-order valence-corrected chi connectivity index (χ0v) is 16.2. The van der Waals surface area contributed by atoms with Crippen LogP contribution in [0.4, 0.5) is 8.78 Å². The Bertz CT molecular complexity index is 673. The Morgan fingerprint density at radius 2 is 1.48 bits per heavy atom. The van der Waals surface area contributed by atoms with Gasteiger partial charge in [-0.2, -0.15) is 4.39 Å². The average molecular weight is 411 g/mol. The van der Waals surface area contributed by atoms with Crippen molar-refractivity contribution in [2.45, 2.75) is 51.9 Å². The maximum absolute atomic E-state index is 14.4. The quantitative estimate of drug-likeness (QED) is 0.367. The third-order valence-electron chi connectivity index (χ3n) is 4.22. The summed E-state index contributed by atoms with van der Waals surface area (Å²) in [6.07, 6.45) is 8.11. The van der Waals surface area contributed by atoms with E-state index in [4.69, 9.17) is 4.74 Å². The summed E-state index contributed by atoms with van der Waals surface area (Å²) in [4.78, 5) is 0. The van der Waals surface area contributed by atoms with E-state index in [1.807, 2.05) is 6.07 Å². The fourth-order valence-corrected chi connectivity index (χ4v) is 3.27. The number of unbranched alkanes of at least 4 members (excludes halogenated alkanes) is 6.